The summed E-state index contributed by atoms with van der Waals surface area (Å²) in [5.41, 5.74) is 11.9. The molecule has 1 aliphatic rings. The summed E-state index contributed by atoms with van der Waals surface area (Å²) in [6, 6.07) is 6.23. The highest BCUT2D eigenvalue weighted by molar-refractivity contribution is 7.96. The van der Waals surface area contributed by atoms with Crippen LogP contribution in [0.2, 0.25) is 5.02 Å². The van der Waals surface area contributed by atoms with Crippen molar-refractivity contribution < 1.29 is 0 Å². The topological polar surface area (TPSA) is 65.9 Å². The maximum atomic E-state index is 9.37. The van der Waals surface area contributed by atoms with Gasteiger partial charge in [0, 0.05) is 24.8 Å². The Balaban J connectivity index is 0.000000380. The highest BCUT2D eigenvalue weighted by atomic mass is 35.5. The van der Waals surface area contributed by atoms with Gasteiger partial charge < -0.3 is 5.73 Å². The van der Waals surface area contributed by atoms with Crippen molar-refractivity contribution in [2.24, 2.45) is 5.92 Å². The second-order valence-electron chi connectivity index (χ2n) is 8.41. The number of aromatic nitrogens is 1. The third kappa shape index (κ3) is 7.00. The summed E-state index contributed by atoms with van der Waals surface area (Å²) in [6.07, 6.45) is 12.1. The van der Waals surface area contributed by atoms with Crippen molar-refractivity contribution >= 4 is 34.8 Å². The van der Waals surface area contributed by atoms with Crippen LogP contribution in [-0.4, -0.2) is 28.6 Å². The molecule has 1 aromatic heterocycles. The molecule has 1 aromatic carbocycles. The van der Waals surface area contributed by atoms with Crippen LogP contribution in [-0.2, 0) is 0 Å². The number of nitriles is 1. The first-order valence-corrected chi connectivity index (χ1v) is 12.8. The van der Waals surface area contributed by atoms with Crippen LogP contribution < -0.4 is 5.73 Å². The molecule has 172 valence electrons. The molecular formula is C26H35ClN4S. The average molecular weight is 471 g/mol. The molecule has 1 saturated heterocycles. The number of hydrogen-bond donors (Lipinski definition) is 1. The fourth-order valence-corrected chi connectivity index (χ4v) is 4.68. The number of nitrogens with two attached hydrogens (primary N) is 1. The molecule has 2 aromatic rings. The third-order valence-electron chi connectivity index (χ3n) is 5.73. The summed E-state index contributed by atoms with van der Waals surface area (Å²) in [5.74, 6) is 0.933. The Hall–Kier alpha value is -2.00. The number of anilines is 1. The van der Waals surface area contributed by atoms with Crippen molar-refractivity contribution in [2.75, 3.05) is 25.1 Å². The molecule has 0 bridgehead atoms. The number of unbranched alkanes of at least 4 members (excludes halogenated alkanes) is 2. The van der Waals surface area contributed by atoms with E-state index in [9.17, 15) is 5.26 Å². The molecule has 2 N–H and O–H groups in total. The molecule has 0 aliphatic carbocycles. The largest absolute Gasteiger partial charge is 0.396 e. The van der Waals surface area contributed by atoms with Gasteiger partial charge in [-0.25, -0.2) is 0 Å². The number of rotatable bonds is 6. The number of pyridine rings is 1. The number of benzene rings is 1. The van der Waals surface area contributed by atoms with Crippen LogP contribution >= 0.6 is 23.5 Å². The molecule has 0 saturated carbocycles. The van der Waals surface area contributed by atoms with Crippen LogP contribution in [0, 0.1) is 31.1 Å². The molecule has 4 nitrogen and oxygen atoms in total. The van der Waals surface area contributed by atoms with E-state index < -0.39 is 0 Å². The number of halogens is 1. The number of allylic oxidation sites excluding steroid dienone is 1. The van der Waals surface area contributed by atoms with E-state index in [4.69, 9.17) is 17.3 Å². The van der Waals surface area contributed by atoms with E-state index in [1.165, 1.54) is 19.5 Å². The molecule has 0 radical (unpaired) electrons. The maximum absolute atomic E-state index is 9.37. The van der Waals surface area contributed by atoms with E-state index >= 15 is 0 Å². The van der Waals surface area contributed by atoms with E-state index in [2.05, 4.69) is 41.5 Å². The van der Waals surface area contributed by atoms with Crippen LogP contribution in [0.5, 0.6) is 0 Å². The average Bonchev–Trinajstić information content (AvgIpc) is 3.20. The first-order valence-electron chi connectivity index (χ1n) is 11.2. The molecular weight excluding hydrogens is 436 g/mol. The molecule has 0 amide bonds. The van der Waals surface area contributed by atoms with Gasteiger partial charge in [-0.05, 0) is 67.2 Å². The van der Waals surface area contributed by atoms with Gasteiger partial charge in [-0.3, -0.25) is 9.29 Å². The van der Waals surface area contributed by atoms with E-state index in [0.29, 0.717) is 16.3 Å². The molecule has 0 spiro atoms. The van der Waals surface area contributed by atoms with Crippen LogP contribution in [0.1, 0.15) is 67.3 Å². The summed E-state index contributed by atoms with van der Waals surface area (Å²) >= 11 is 8.31. The van der Waals surface area contributed by atoms with Gasteiger partial charge in [0.25, 0.3) is 0 Å². The molecule has 1 fully saturated rings. The summed E-state index contributed by atoms with van der Waals surface area (Å²) in [6.45, 7) is 11.1. The zero-order chi connectivity index (χ0) is 23.7. The fourth-order valence-electron chi connectivity index (χ4n) is 3.79. The minimum absolute atomic E-state index is 0.459. The van der Waals surface area contributed by atoms with E-state index in [0.717, 1.165) is 53.0 Å². The van der Waals surface area contributed by atoms with Crippen LogP contribution in [0.25, 0.3) is 5.57 Å². The monoisotopic (exact) mass is 470 g/mol. The van der Waals surface area contributed by atoms with Gasteiger partial charge in [-0.2, -0.15) is 5.26 Å². The predicted molar refractivity (Wildman–Crippen MR) is 140 cm³/mol. The van der Waals surface area contributed by atoms with Crippen molar-refractivity contribution in [2.45, 2.75) is 53.4 Å². The zero-order valence-corrected chi connectivity index (χ0v) is 21.5. The third-order valence-corrected chi connectivity index (χ3v) is 7.00. The Bertz CT molecular complexity index is 981. The Labute approximate surface area is 203 Å². The lowest BCUT2D eigenvalue weighted by Crippen LogP contribution is -2.09. The van der Waals surface area contributed by atoms with Crippen LogP contribution in [0.4, 0.5) is 5.69 Å². The predicted octanol–water partition coefficient (Wildman–Crippen LogP) is 7.03. The highest BCUT2D eigenvalue weighted by Gasteiger charge is 2.17. The Kier molecular flexibility index (Phi) is 10.6. The summed E-state index contributed by atoms with van der Waals surface area (Å²) < 4.78 is 2.42. The van der Waals surface area contributed by atoms with Crippen molar-refractivity contribution in [3.63, 3.8) is 0 Å². The summed E-state index contributed by atoms with van der Waals surface area (Å²) in [5, 5.41) is 9.88. The van der Waals surface area contributed by atoms with Gasteiger partial charge in [0.05, 0.1) is 28.5 Å². The lowest BCUT2D eigenvalue weighted by Gasteiger charge is -2.15. The number of aryl methyl sites for hydroxylation is 2. The lowest BCUT2D eigenvalue weighted by atomic mass is 9.90. The van der Waals surface area contributed by atoms with E-state index in [1.807, 2.05) is 37.9 Å². The highest BCUT2D eigenvalue weighted by Crippen LogP contribution is 2.35. The minimum atomic E-state index is 0.459. The second kappa shape index (κ2) is 12.9. The summed E-state index contributed by atoms with van der Waals surface area (Å²) in [4.78, 5) is 4.19. The molecule has 6 heteroatoms. The standard InChI is InChI=1S/C20H22ClN3.C6H13NS/c1-4-5-6-7-16(18-11-24-12-19(23)20(18)21)17-9-15(10-22)13(2)8-14(17)3;1-6-3-4-7(5-6)8-2/h7-9,11-12H,4-6,23H2,1-3H3;6H,3-5H2,1-2H3/b16-7+;. The molecule has 1 atom stereocenters. The zero-order valence-electron chi connectivity index (χ0n) is 19.9. The Morgan fingerprint density at radius 1 is 1.31 bits per heavy atom. The molecule has 1 unspecified atom stereocenters. The van der Waals surface area contributed by atoms with Crippen LogP contribution in [0.15, 0.2) is 30.6 Å². The SMILES string of the molecule is CCCC/C=C(\c1cc(C#N)c(C)cc1C)c1cncc(N)c1Cl.CSN1CCC(C)C1. The minimum Gasteiger partial charge on any atom is -0.396 e. The van der Waals surface area contributed by atoms with Crippen LogP contribution in [0.3, 0.4) is 0 Å². The lowest BCUT2D eigenvalue weighted by molar-refractivity contribution is 0.551. The fraction of sp³-hybridized carbons (Fsp3) is 0.462. The maximum Gasteiger partial charge on any atom is 0.0994 e. The van der Waals surface area contributed by atoms with Gasteiger partial charge in [0.1, 0.15) is 0 Å². The number of hydrogen-bond acceptors (Lipinski definition) is 5. The molecule has 3 rings (SSSR count). The van der Waals surface area contributed by atoms with E-state index in [-0.39, 0.29) is 0 Å². The van der Waals surface area contributed by atoms with Crippen molar-refractivity contribution in [3.8, 4) is 6.07 Å². The van der Waals surface area contributed by atoms with Gasteiger partial charge in [-0.1, -0.05) is 62.4 Å². The van der Waals surface area contributed by atoms with Gasteiger partial charge in [-0.15, -0.1) is 0 Å². The number of nitrogen functional groups attached to an aromatic ring is 1. The van der Waals surface area contributed by atoms with Gasteiger partial charge >= 0.3 is 0 Å². The van der Waals surface area contributed by atoms with Crippen molar-refractivity contribution in [3.05, 3.63) is 63.4 Å². The normalized spacial score (nSPS) is 16.4. The van der Waals surface area contributed by atoms with Gasteiger partial charge in [0.2, 0.25) is 0 Å². The van der Waals surface area contributed by atoms with E-state index in [1.54, 1.807) is 12.4 Å². The Morgan fingerprint density at radius 3 is 2.62 bits per heavy atom. The summed E-state index contributed by atoms with van der Waals surface area (Å²) in [7, 11) is 0. The number of nitrogens with zero attached hydrogens (tertiary/aromatic N) is 3. The van der Waals surface area contributed by atoms with Crippen molar-refractivity contribution in [1.82, 2.24) is 9.29 Å². The molecule has 32 heavy (non-hydrogen) atoms. The Morgan fingerprint density at radius 2 is 2.06 bits per heavy atom. The van der Waals surface area contributed by atoms with Crippen molar-refractivity contribution in [1.29, 1.82) is 5.26 Å². The quantitative estimate of drug-likeness (QED) is 0.362. The first-order chi connectivity index (χ1) is 15.3. The van der Waals surface area contributed by atoms with Gasteiger partial charge in [0.15, 0.2) is 0 Å². The molecule has 1 aliphatic heterocycles. The first kappa shape index (κ1) is 26.3. The smallest absolute Gasteiger partial charge is 0.0994 e. The second-order valence-corrected chi connectivity index (χ2v) is 9.67. The molecule has 2 heterocycles.